The molecule has 3 rings (SSSR count). The van der Waals surface area contributed by atoms with Crippen LogP contribution in [0.1, 0.15) is 56.7 Å². The molecule has 2 amide bonds. The van der Waals surface area contributed by atoms with Crippen molar-refractivity contribution in [2.24, 2.45) is 7.05 Å². The van der Waals surface area contributed by atoms with E-state index in [-0.39, 0.29) is 17.7 Å². The Balaban J connectivity index is 1.62. The molecule has 0 radical (unpaired) electrons. The van der Waals surface area contributed by atoms with Gasteiger partial charge in [-0.25, -0.2) is 4.79 Å². The molecule has 5 heteroatoms. The molecule has 1 aromatic heterocycles. The van der Waals surface area contributed by atoms with Crippen molar-refractivity contribution in [1.82, 2.24) is 14.8 Å². The lowest BCUT2D eigenvalue weighted by Gasteiger charge is -2.37. The highest BCUT2D eigenvalue weighted by molar-refractivity contribution is 5.75. The summed E-state index contributed by atoms with van der Waals surface area (Å²) in [6.07, 6.45) is 9.92. The Hall–Kier alpha value is -1.49. The zero-order valence-corrected chi connectivity index (χ0v) is 14.4. The van der Waals surface area contributed by atoms with E-state index in [1.165, 1.54) is 25.0 Å². The summed E-state index contributed by atoms with van der Waals surface area (Å²) in [6.45, 7) is 1.46. The molecule has 2 aliphatic rings. The van der Waals surface area contributed by atoms with Crippen LogP contribution in [0.3, 0.4) is 0 Å². The highest BCUT2D eigenvalue weighted by atomic mass is 16.5. The van der Waals surface area contributed by atoms with Crippen LogP contribution in [0.5, 0.6) is 0 Å². The Labute approximate surface area is 139 Å². The van der Waals surface area contributed by atoms with Crippen molar-refractivity contribution in [3.63, 3.8) is 0 Å². The first-order chi connectivity index (χ1) is 11.2. The molecule has 1 saturated heterocycles. The van der Waals surface area contributed by atoms with Gasteiger partial charge in [-0.2, -0.15) is 0 Å². The first kappa shape index (κ1) is 16.4. The Kier molecular flexibility index (Phi) is 4.95. The highest BCUT2D eigenvalue weighted by Crippen LogP contribution is 2.33. The average molecular weight is 319 g/mol. The van der Waals surface area contributed by atoms with Gasteiger partial charge in [0.1, 0.15) is 0 Å². The average Bonchev–Trinajstić information content (AvgIpc) is 3.22. The van der Waals surface area contributed by atoms with Crippen molar-refractivity contribution >= 4 is 6.03 Å². The van der Waals surface area contributed by atoms with Gasteiger partial charge >= 0.3 is 6.03 Å². The topological polar surface area (TPSA) is 46.5 Å². The molecule has 1 N–H and O–H groups in total. The zero-order chi connectivity index (χ0) is 16.3. The van der Waals surface area contributed by atoms with Crippen LogP contribution in [0.4, 0.5) is 4.79 Å². The summed E-state index contributed by atoms with van der Waals surface area (Å²) in [5, 5.41) is 3.15. The smallest absolute Gasteiger partial charge is 0.318 e. The molecule has 2 heterocycles. The third kappa shape index (κ3) is 3.39. The van der Waals surface area contributed by atoms with Crippen LogP contribution in [-0.4, -0.2) is 41.3 Å². The van der Waals surface area contributed by atoms with E-state index in [1.54, 1.807) is 7.11 Å². The fourth-order valence-corrected chi connectivity index (χ4v) is 4.13. The van der Waals surface area contributed by atoms with Crippen LogP contribution >= 0.6 is 0 Å². The minimum Gasteiger partial charge on any atom is -0.376 e. The number of aromatic nitrogens is 1. The molecule has 1 aromatic rings. The van der Waals surface area contributed by atoms with Gasteiger partial charge in [0.2, 0.25) is 0 Å². The van der Waals surface area contributed by atoms with Crippen molar-refractivity contribution in [1.29, 1.82) is 0 Å². The van der Waals surface area contributed by atoms with Gasteiger partial charge in [-0.15, -0.1) is 0 Å². The molecule has 0 aromatic carbocycles. The number of nitrogens with zero attached hydrogens (tertiary/aromatic N) is 2. The summed E-state index contributed by atoms with van der Waals surface area (Å²) in [5.74, 6) is 0. The van der Waals surface area contributed by atoms with E-state index in [2.05, 4.69) is 16.0 Å². The minimum absolute atomic E-state index is 0.0516. The third-order valence-electron chi connectivity index (χ3n) is 5.60. The predicted octanol–water partition coefficient (Wildman–Crippen LogP) is 3.22. The fourth-order valence-electron chi connectivity index (χ4n) is 4.13. The second kappa shape index (κ2) is 6.95. The second-order valence-electron chi connectivity index (χ2n) is 7.00. The van der Waals surface area contributed by atoms with E-state index >= 15 is 0 Å². The number of amides is 2. The van der Waals surface area contributed by atoms with E-state index in [4.69, 9.17) is 4.74 Å². The maximum absolute atomic E-state index is 12.7. The SMILES string of the molecule is COC1(CNC(=O)N2CCCC2c2cccn2C)CCCCC1. The number of carbonyl (C=O) groups is 1. The second-order valence-corrected chi connectivity index (χ2v) is 7.00. The summed E-state index contributed by atoms with van der Waals surface area (Å²) < 4.78 is 7.89. The quantitative estimate of drug-likeness (QED) is 0.926. The number of aryl methyl sites for hydroxylation is 1. The van der Waals surface area contributed by atoms with E-state index in [9.17, 15) is 4.79 Å². The molecule has 5 nitrogen and oxygen atoms in total. The molecule has 2 fully saturated rings. The summed E-state index contributed by atoms with van der Waals surface area (Å²) in [4.78, 5) is 14.7. The lowest BCUT2D eigenvalue weighted by Crippen LogP contribution is -2.49. The van der Waals surface area contributed by atoms with Crippen molar-refractivity contribution in [2.45, 2.75) is 56.6 Å². The van der Waals surface area contributed by atoms with Crippen LogP contribution in [0.15, 0.2) is 18.3 Å². The number of likely N-dealkylation sites (tertiary alicyclic amines) is 1. The first-order valence-corrected chi connectivity index (χ1v) is 8.86. The standard InChI is InChI=1S/C18H29N3O2/c1-20-12-6-8-15(20)16-9-7-13-21(16)17(22)19-14-18(23-2)10-4-3-5-11-18/h6,8,12,16H,3-5,7,9-11,13-14H2,1-2H3,(H,19,22). The zero-order valence-electron chi connectivity index (χ0n) is 14.4. The van der Waals surface area contributed by atoms with Crippen molar-refractivity contribution in [2.75, 3.05) is 20.2 Å². The largest absolute Gasteiger partial charge is 0.376 e. The Morgan fingerprint density at radius 1 is 1.35 bits per heavy atom. The number of urea groups is 1. The molecule has 1 aliphatic carbocycles. The van der Waals surface area contributed by atoms with Crippen LogP contribution in [0, 0.1) is 0 Å². The molecule has 1 saturated carbocycles. The molecule has 128 valence electrons. The number of rotatable bonds is 4. The molecule has 1 aliphatic heterocycles. The van der Waals surface area contributed by atoms with Gasteiger partial charge in [0.25, 0.3) is 0 Å². The molecule has 1 unspecified atom stereocenters. The molecule has 0 spiro atoms. The van der Waals surface area contributed by atoms with Crippen molar-refractivity contribution in [3.05, 3.63) is 24.0 Å². The van der Waals surface area contributed by atoms with Crippen LogP contribution < -0.4 is 5.32 Å². The minimum atomic E-state index is -0.159. The summed E-state index contributed by atoms with van der Waals surface area (Å²) >= 11 is 0. The number of methoxy groups -OCH3 is 1. The summed E-state index contributed by atoms with van der Waals surface area (Å²) in [6, 6.07) is 4.41. The van der Waals surface area contributed by atoms with Gasteiger partial charge in [0.05, 0.1) is 11.6 Å². The van der Waals surface area contributed by atoms with Gasteiger partial charge in [-0.3, -0.25) is 0 Å². The molecular formula is C18H29N3O2. The Morgan fingerprint density at radius 2 is 2.13 bits per heavy atom. The number of carbonyl (C=O) groups excluding carboxylic acids is 1. The lowest BCUT2D eigenvalue weighted by molar-refractivity contribution is -0.0362. The molecule has 23 heavy (non-hydrogen) atoms. The number of hydrogen-bond acceptors (Lipinski definition) is 2. The fraction of sp³-hybridized carbons (Fsp3) is 0.722. The van der Waals surface area contributed by atoms with Crippen LogP contribution in [0.2, 0.25) is 0 Å². The Bertz CT molecular complexity index is 534. The molecule has 0 bridgehead atoms. The van der Waals surface area contributed by atoms with Gasteiger partial charge in [0.15, 0.2) is 0 Å². The molecule has 1 atom stereocenters. The number of nitrogens with one attached hydrogen (secondary N) is 1. The molecular weight excluding hydrogens is 290 g/mol. The van der Waals surface area contributed by atoms with Gasteiger partial charge in [-0.1, -0.05) is 19.3 Å². The van der Waals surface area contributed by atoms with E-state index in [0.717, 1.165) is 32.2 Å². The summed E-state index contributed by atoms with van der Waals surface area (Å²) in [7, 11) is 3.83. The van der Waals surface area contributed by atoms with E-state index < -0.39 is 0 Å². The third-order valence-corrected chi connectivity index (χ3v) is 5.60. The van der Waals surface area contributed by atoms with Crippen molar-refractivity contribution < 1.29 is 9.53 Å². The Morgan fingerprint density at radius 3 is 2.78 bits per heavy atom. The van der Waals surface area contributed by atoms with E-state index in [0.29, 0.717) is 6.54 Å². The normalized spacial score (nSPS) is 23.9. The number of ether oxygens (including phenoxy) is 1. The predicted molar refractivity (Wildman–Crippen MR) is 90.3 cm³/mol. The number of hydrogen-bond donors (Lipinski definition) is 1. The maximum Gasteiger partial charge on any atom is 0.318 e. The monoisotopic (exact) mass is 319 g/mol. The van der Waals surface area contributed by atoms with Crippen LogP contribution in [0.25, 0.3) is 0 Å². The lowest BCUT2D eigenvalue weighted by atomic mass is 9.84. The van der Waals surface area contributed by atoms with Gasteiger partial charge < -0.3 is 19.5 Å². The summed E-state index contributed by atoms with van der Waals surface area (Å²) in [5.41, 5.74) is 1.06. The maximum atomic E-state index is 12.7. The van der Waals surface area contributed by atoms with Crippen LogP contribution in [-0.2, 0) is 11.8 Å². The first-order valence-electron chi connectivity index (χ1n) is 8.86. The van der Waals surface area contributed by atoms with Gasteiger partial charge in [0, 0.05) is 39.1 Å². The van der Waals surface area contributed by atoms with E-state index in [1.807, 2.05) is 24.2 Å². The van der Waals surface area contributed by atoms with Gasteiger partial charge in [-0.05, 0) is 37.8 Å². The highest BCUT2D eigenvalue weighted by Gasteiger charge is 2.35. The van der Waals surface area contributed by atoms with Crippen molar-refractivity contribution in [3.8, 4) is 0 Å².